The van der Waals surface area contributed by atoms with Crippen molar-refractivity contribution in [3.05, 3.63) is 120 Å². The lowest BCUT2D eigenvalue weighted by atomic mass is 9.90. The minimum Gasteiger partial charge on any atom is -0.308 e. The van der Waals surface area contributed by atoms with Crippen LogP contribution in [0.15, 0.2) is 103 Å². The van der Waals surface area contributed by atoms with Gasteiger partial charge in [-0.1, -0.05) is 96.6 Å². The highest BCUT2D eigenvalue weighted by atomic mass is 16.2. The third kappa shape index (κ3) is 3.91. The van der Waals surface area contributed by atoms with Gasteiger partial charge in [0.15, 0.2) is 5.82 Å². The van der Waals surface area contributed by atoms with Crippen LogP contribution in [0.25, 0.3) is 22.0 Å². The van der Waals surface area contributed by atoms with E-state index in [4.69, 9.17) is 0 Å². The molecular weight excluding hydrogens is 394 g/mol. The van der Waals surface area contributed by atoms with Gasteiger partial charge in [0.2, 0.25) is 5.91 Å². The van der Waals surface area contributed by atoms with Gasteiger partial charge in [0, 0.05) is 5.39 Å². The molecule has 0 atom stereocenters. The SMILES string of the molecule is Cc1cccc(-c2ccc3c(NC(=O)C(c4ccccc4)c4ccccc4)n[nH]c3c2)c1. The molecule has 0 fully saturated rings. The number of hydrogen-bond acceptors (Lipinski definition) is 2. The molecule has 0 saturated heterocycles. The smallest absolute Gasteiger partial charge is 0.237 e. The third-order valence-corrected chi connectivity index (χ3v) is 5.68. The lowest BCUT2D eigenvalue weighted by Gasteiger charge is -2.17. The second-order valence-corrected chi connectivity index (χ2v) is 7.95. The van der Waals surface area contributed by atoms with Crippen LogP contribution in [0.2, 0.25) is 0 Å². The van der Waals surface area contributed by atoms with Crippen LogP contribution in [-0.4, -0.2) is 16.1 Å². The summed E-state index contributed by atoms with van der Waals surface area (Å²) in [7, 11) is 0. The molecular formula is C28H23N3O. The predicted molar refractivity (Wildman–Crippen MR) is 130 cm³/mol. The third-order valence-electron chi connectivity index (χ3n) is 5.68. The van der Waals surface area contributed by atoms with Crippen LogP contribution >= 0.6 is 0 Å². The molecule has 0 radical (unpaired) electrons. The van der Waals surface area contributed by atoms with E-state index in [0.29, 0.717) is 5.82 Å². The summed E-state index contributed by atoms with van der Waals surface area (Å²) >= 11 is 0. The Morgan fingerprint density at radius 3 is 2.09 bits per heavy atom. The Balaban J connectivity index is 1.47. The average molecular weight is 418 g/mol. The fraction of sp³-hybridized carbons (Fsp3) is 0.0714. The van der Waals surface area contributed by atoms with Crippen LogP contribution in [0.1, 0.15) is 22.6 Å². The van der Waals surface area contributed by atoms with Crippen LogP contribution in [0.3, 0.4) is 0 Å². The maximum absolute atomic E-state index is 13.4. The summed E-state index contributed by atoms with van der Waals surface area (Å²) in [5.41, 5.74) is 6.24. The molecule has 0 spiro atoms. The van der Waals surface area contributed by atoms with E-state index in [0.717, 1.165) is 33.2 Å². The minimum atomic E-state index is -0.421. The highest BCUT2D eigenvalue weighted by molar-refractivity contribution is 6.04. The molecule has 32 heavy (non-hydrogen) atoms. The van der Waals surface area contributed by atoms with Gasteiger partial charge in [-0.25, -0.2) is 0 Å². The number of aromatic nitrogens is 2. The van der Waals surface area contributed by atoms with Gasteiger partial charge in [0.25, 0.3) is 0 Å². The monoisotopic (exact) mass is 417 g/mol. The molecule has 4 nitrogen and oxygen atoms in total. The van der Waals surface area contributed by atoms with Crippen molar-refractivity contribution in [2.45, 2.75) is 12.8 Å². The summed E-state index contributed by atoms with van der Waals surface area (Å²) in [5, 5.41) is 11.4. The van der Waals surface area contributed by atoms with Crippen molar-refractivity contribution >= 4 is 22.6 Å². The van der Waals surface area contributed by atoms with Gasteiger partial charge < -0.3 is 5.32 Å². The predicted octanol–water partition coefficient (Wildman–Crippen LogP) is 6.31. The van der Waals surface area contributed by atoms with E-state index in [9.17, 15) is 4.79 Å². The van der Waals surface area contributed by atoms with Gasteiger partial charge >= 0.3 is 0 Å². The zero-order valence-corrected chi connectivity index (χ0v) is 17.7. The minimum absolute atomic E-state index is 0.112. The Morgan fingerprint density at radius 1 is 0.781 bits per heavy atom. The first kappa shape index (κ1) is 19.8. The Kier molecular flexibility index (Phi) is 5.26. The van der Waals surface area contributed by atoms with E-state index in [1.165, 1.54) is 5.56 Å². The molecule has 5 rings (SSSR count). The first-order chi connectivity index (χ1) is 15.7. The number of benzene rings is 4. The maximum Gasteiger partial charge on any atom is 0.237 e. The first-order valence-electron chi connectivity index (χ1n) is 10.6. The van der Waals surface area contributed by atoms with Crippen LogP contribution in [0.4, 0.5) is 5.82 Å². The topological polar surface area (TPSA) is 57.8 Å². The van der Waals surface area contributed by atoms with Crippen LogP contribution in [0.5, 0.6) is 0 Å². The molecule has 1 amide bonds. The van der Waals surface area contributed by atoms with Crippen LogP contribution in [0, 0.1) is 6.92 Å². The molecule has 0 aliphatic carbocycles. The largest absolute Gasteiger partial charge is 0.308 e. The number of rotatable bonds is 5. The quantitative estimate of drug-likeness (QED) is 0.352. The number of amides is 1. The van der Waals surface area contributed by atoms with E-state index in [-0.39, 0.29) is 5.91 Å². The Morgan fingerprint density at radius 2 is 1.44 bits per heavy atom. The average Bonchev–Trinajstić information content (AvgIpc) is 3.22. The number of H-pyrrole nitrogens is 1. The van der Waals surface area contributed by atoms with Crippen LogP contribution < -0.4 is 5.32 Å². The molecule has 1 aromatic heterocycles. The summed E-state index contributed by atoms with van der Waals surface area (Å²) < 4.78 is 0. The molecule has 156 valence electrons. The maximum atomic E-state index is 13.4. The molecule has 4 aromatic carbocycles. The number of carbonyl (C=O) groups is 1. The van der Waals surface area contributed by atoms with Crippen molar-refractivity contribution in [1.82, 2.24) is 10.2 Å². The molecule has 5 aromatic rings. The van der Waals surface area contributed by atoms with Gasteiger partial charge in [0.1, 0.15) is 0 Å². The van der Waals surface area contributed by atoms with Crippen molar-refractivity contribution in [2.75, 3.05) is 5.32 Å². The molecule has 0 aliphatic rings. The lowest BCUT2D eigenvalue weighted by molar-refractivity contribution is -0.116. The Labute approximate surface area is 186 Å². The van der Waals surface area contributed by atoms with E-state index >= 15 is 0 Å². The lowest BCUT2D eigenvalue weighted by Crippen LogP contribution is -2.22. The van der Waals surface area contributed by atoms with Crippen molar-refractivity contribution in [2.24, 2.45) is 0 Å². The Bertz CT molecular complexity index is 1330. The zero-order valence-electron chi connectivity index (χ0n) is 17.7. The number of aromatic amines is 1. The summed E-state index contributed by atoms with van der Waals surface area (Å²) in [6.45, 7) is 2.09. The summed E-state index contributed by atoms with van der Waals surface area (Å²) in [6, 6.07) is 34.2. The summed E-state index contributed by atoms with van der Waals surface area (Å²) in [6.07, 6.45) is 0. The van der Waals surface area contributed by atoms with E-state index < -0.39 is 5.92 Å². The number of nitrogens with one attached hydrogen (secondary N) is 2. The summed E-state index contributed by atoms with van der Waals surface area (Å²) in [4.78, 5) is 13.4. The van der Waals surface area contributed by atoms with Gasteiger partial charge in [-0.2, -0.15) is 5.10 Å². The zero-order chi connectivity index (χ0) is 21.9. The highest BCUT2D eigenvalue weighted by Gasteiger charge is 2.24. The van der Waals surface area contributed by atoms with Crippen molar-refractivity contribution < 1.29 is 4.79 Å². The van der Waals surface area contributed by atoms with Gasteiger partial charge in [-0.3, -0.25) is 9.89 Å². The second-order valence-electron chi connectivity index (χ2n) is 7.95. The number of aryl methyl sites for hydroxylation is 1. The molecule has 2 N–H and O–H groups in total. The van der Waals surface area contributed by atoms with Crippen molar-refractivity contribution in [1.29, 1.82) is 0 Å². The number of carbonyl (C=O) groups excluding carboxylic acids is 1. The van der Waals surface area contributed by atoms with E-state index in [1.54, 1.807) is 0 Å². The number of fused-ring (bicyclic) bond motifs is 1. The first-order valence-corrected chi connectivity index (χ1v) is 10.6. The standard InChI is InChI=1S/C28H23N3O/c1-19-9-8-14-22(17-19)23-15-16-24-25(18-23)30-31-27(24)29-28(32)26(20-10-4-2-5-11-20)21-12-6-3-7-13-21/h2-18,26H,1H3,(H2,29,30,31,32). The van der Waals surface area contributed by atoms with Crippen molar-refractivity contribution in [3.63, 3.8) is 0 Å². The molecule has 0 saturated carbocycles. The molecule has 0 bridgehead atoms. The molecule has 0 aliphatic heterocycles. The van der Waals surface area contributed by atoms with E-state index in [1.807, 2.05) is 66.7 Å². The van der Waals surface area contributed by atoms with Gasteiger partial charge in [-0.15, -0.1) is 0 Å². The van der Waals surface area contributed by atoms with Crippen molar-refractivity contribution in [3.8, 4) is 11.1 Å². The van der Waals surface area contributed by atoms with Crippen LogP contribution in [-0.2, 0) is 4.79 Å². The highest BCUT2D eigenvalue weighted by Crippen LogP contribution is 2.30. The van der Waals surface area contributed by atoms with E-state index in [2.05, 4.69) is 58.8 Å². The normalized spacial score (nSPS) is 11.1. The number of nitrogens with zero attached hydrogens (tertiary/aromatic N) is 1. The fourth-order valence-corrected chi connectivity index (χ4v) is 4.09. The molecule has 0 unspecified atom stereocenters. The fourth-order valence-electron chi connectivity index (χ4n) is 4.09. The summed E-state index contributed by atoms with van der Waals surface area (Å²) in [5.74, 6) is 0.00642. The molecule has 4 heteroatoms. The molecule has 1 heterocycles. The van der Waals surface area contributed by atoms with Gasteiger partial charge in [-0.05, 0) is 41.3 Å². The van der Waals surface area contributed by atoms with Gasteiger partial charge in [0.05, 0.1) is 11.4 Å². The Hall–Kier alpha value is -4.18. The second kappa shape index (κ2) is 8.52. The number of anilines is 1. The number of hydrogen-bond donors (Lipinski definition) is 2.